The van der Waals surface area contributed by atoms with Gasteiger partial charge in [0.05, 0.1) is 33.7 Å². The van der Waals surface area contributed by atoms with Crippen molar-refractivity contribution in [2.24, 2.45) is 0 Å². The lowest BCUT2D eigenvalue weighted by atomic mass is 10.1. The van der Waals surface area contributed by atoms with Crippen LogP contribution in [-0.4, -0.2) is 50.4 Å². The van der Waals surface area contributed by atoms with Gasteiger partial charge in [0.25, 0.3) is 6.47 Å². The minimum absolute atomic E-state index is 0.250. The maximum absolute atomic E-state index is 9.79. The topological polar surface area (TPSA) is 91.5 Å². The van der Waals surface area contributed by atoms with Crippen LogP contribution in [0.25, 0.3) is 16.6 Å². The van der Waals surface area contributed by atoms with Gasteiger partial charge in [-0.15, -0.1) is 0 Å². The van der Waals surface area contributed by atoms with Crippen LogP contribution >= 0.6 is 23.2 Å². The number of hydrogen-bond acceptors (Lipinski definition) is 5. The number of aliphatic hydroxyl groups is 1. The number of imidazole rings is 1. The molecule has 1 saturated heterocycles. The molecular weight excluding hydrogens is 379 g/mol. The number of aliphatic hydroxyl groups excluding tert-OH is 1. The van der Waals surface area contributed by atoms with Crippen LogP contribution in [-0.2, 0) is 4.79 Å². The van der Waals surface area contributed by atoms with Crippen LogP contribution in [0.3, 0.4) is 0 Å². The molecule has 1 aromatic carbocycles. The second kappa shape index (κ2) is 7.90. The molecule has 7 nitrogen and oxygen atoms in total. The summed E-state index contributed by atoms with van der Waals surface area (Å²) in [7, 11) is 0. The minimum atomic E-state index is -0.320. The average molecular weight is 395 g/mol. The molecule has 0 aliphatic carbocycles. The van der Waals surface area contributed by atoms with E-state index in [1.165, 1.54) is 0 Å². The zero-order chi connectivity index (χ0) is 18.7. The molecule has 1 fully saturated rings. The molecule has 0 saturated carbocycles. The van der Waals surface area contributed by atoms with Crippen LogP contribution in [0.5, 0.6) is 0 Å². The molecule has 0 bridgehead atoms. The van der Waals surface area contributed by atoms with Crippen LogP contribution in [0.2, 0.25) is 10.0 Å². The molecular formula is C17H16Cl2N4O3. The van der Waals surface area contributed by atoms with Crippen molar-refractivity contribution < 1.29 is 15.0 Å². The monoisotopic (exact) mass is 394 g/mol. The first kappa shape index (κ1) is 18.4. The van der Waals surface area contributed by atoms with E-state index in [1.807, 2.05) is 22.9 Å². The van der Waals surface area contributed by atoms with Crippen molar-refractivity contribution in [3.8, 4) is 5.69 Å². The highest BCUT2D eigenvalue weighted by Gasteiger charge is 2.23. The van der Waals surface area contributed by atoms with Crippen LogP contribution in [0.1, 0.15) is 6.42 Å². The third-order valence-corrected chi connectivity index (χ3v) is 4.90. The van der Waals surface area contributed by atoms with Crippen LogP contribution in [0.4, 0.5) is 5.82 Å². The number of carbonyl (C=O) groups is 1. The van der Waals surface area contributed by atoms with E-state index in [1.54, 1.807) is 18.6 Å². The van der Waals surface area contributed by atoms with Crippen molar-refractivity contribution in [2.75, 3.05) is 18.0 Å². The number of fused-ring (bicyclic) bond motifs is 1. The zero-order valence-corrected chi connectivity index (χ0v) is 15.1. The summed E-state index contributed by atoms with van der Waals surface area (Å²) in [5, 5.41) is 18.5. The van der Waals surface area contributed by atoms with Gasteiger partial charge in [-0.3, -0.25) is 4.79 Å². The number of benzene rings is 1. The largest absolute Gasteiger partial charge is 0.483 e. The van der Waals surface area contributed by atoms with Gasteiger partial charge >= 0.3 is 0 Å². The number of nitrogens with zero attached hydrogens (tertiary/aromatic N) is 4. The number of pyridine rings is 1. The Labute approximate surface area is 159 Å². The van der Waals surface area contributed by atoms with Crippen LogP contribution in [0.15, 0.2) is 36.9 Å². The Morgan fingerprint density at radius 1 is 1.31 bits per heavy atom. The van der Waals surface area contributed by atoms with Crippen molar-refractivity contribution in [1.29, 1.82) is 0 Å². The predicted molar refractivity (Wildman–Crippen MR) is 100 cm³/mol. The number of aromatic nitrogens is 3. The van der Waals surface area contributed by atoms with Gasteiger partial charge in [0.2, 0.25) is 0 Å². The molecule has 0 spiro atoms. The first-order chi connectivity index (χ1) is 12.5. The Kier molecular flexibility index (Phi) is 5.61. The van der Waals surface area contributed by atoms with E-state index in [9.17, 15) is 5.11 Å². The third-order valence-electron chi connectivity index (χ3n) is 4.11. The van der Waals surface area contributed by atoms with Crippen molar-refractivity contribution in [2.45, 2.75) is 12.5 Å². The Morgan fingerprint density at radius 3 is 2.69 bits per heavy atom. The molecule has 4 rings (SSSR count). The first-order valence-corrected chi connectivity index (χ1v) is 8.58. The highest BCUT2D eigenvalue weighted by molar-refractivity contribution is 6.45. The summed E-state index contributed by atoms with van der Waals surface area (Å²) in [6.07, 6.45) is 5.76. The van der Waals surface area contributed by atoms with Crippen LogP contribution < -0.4 is 4.90 Å². The zero-order valence-electron chi connectivity index (χ0n) is 13.6. The second-order valence-electron chi connectivity index (χ2n) is 5.72. The maximum atomic E-state index is 9.79. The number of carboxylic acid groups (broad SMARTS) is 1. The molecule has 136 valence electrons. The molecule has 0 amide bonds. The smallest absolute Gasteiger partial charge is 0.290 e. The fourth-order valence-corrected chi connectivity index (χ4v) is 3.29. The summed E-state index contributed by atoms with van der Waals surface area (Å²) in [6, 6.07) is 5.67. The second-order valence-corrected chi connectivity index (χ2v) is 6.51. The summed E-state index contributed by atoms with van der Waals surface area (Å²) in [5.74, 6) is 0.780. The van der Waals surface area contributed by atoms with E-state index in [-0.39, 0.29) is 12.6 Å². The molecule has 2 N–H and O–H groups in total. The summed E-state index contributed by atoms with van der Waals surface area (Å²) in [4.78, 5) is 19.2. The number of β-amino-alcohol motifs (C(OH)–C–C–N with tert-alkyl or cyclic N) is 1. The van der Waals surface area contributed by atoms with E-state index >= 15 is 0 Å². The van der Waals surface area contributed by atoms with Gasteiger partial charge in [-0.1, -0.05) is 23.2 Å². The van der Waals surface area contributed by atoms with Gasteiger partial charge in [0.1, 0.15) is 5.82 Å². The van der Waals surface area contributed by atoms with Gasteiger partial charge in [-0.25, -0.2) is 9.97 Å². The van der Waals surface area contributed by atoms with E-state index in [4.69, 9.17) is 33.1 Å². The Hall–Kier alpha value is -2.35. The van der Waals surface area contributed by atoms with Crippen molar-refractivity contribution >= 4 is 46.4 Å². The predicted octanol–water partition coefficient (Wildman–Crippen LogP) is 3.00. The van der Waals surface area contributed by atoms with E-state index < -0.39 is 0 Å². The van der Waals surface area contributed by atoms with Crippen molar-refractivity contribution in [3.05, 3.63) is 47.0 Å². The molecule has 2 aromatic heterocycles. The molecule has 9 heteroatoms. The Balaban J connectivity index is 0.000000613. The quantitative estimate of drug-likeness (QED) is 0.649. The van der Waals surface area contributed by atoms with Gasteiger partial charge in [-0.2, -0.15) is 0 Å². The standard InChI is InChI=1S/C16H14Cl2N4O.CH2O2/c17-12-2-1-11-13(22-6-4-19-9-22)7-14(20-16(11)15(12)18)21-5-3-10(23)8-21;2-1-3/h1-2,4,6-7,9-10,23H,3,5,8H2;1H,(H,2,3). The van der Waals surface area contributed by atoms with Gasteiger partial charge in [0.15, 0.2) is 0 Å². The molecule has 1 unspecified atom stereocenters. The molecule has 3 heterocycles. The lowest BCUT2D eigenvalue weighted by Crippen LogP contribution is -2.22. The summed E-state index contributed by atoms with van der Waals surface area (Å²) >= 11 is 12.5. The summed E-state index contributed by atoms with van der Waals surface area (Å²) < 4.78 is 1.92. The van der Waals surface area contributed by atoms with Crippen molar-refractivity contribution in [3.63, 3.8) is 0 Å². The SMILES string of the molecule is O=CO.OC1CCN(c2cc(-n3ccnc3)c3ccc(Cl)c(Cl)c3n2)C1. The third kappa shape index (κ3) is 3.60. The first-order valence-electron chi connectivity index (χ1n) is 7.83. The lowest BCUT2D eigenvalue weighted by molar-refractivity contribution is -0.122. The number of rotatable bonds is 2. The molecule has 26 heavy (non-hydrogen) atoms. The highest BCUT2D eigenvalue weighted by atomic mass is 35.5. The molecule has 0 radical (unpaired) electrons. The molecule has 1 aliphatic rings. The highest BCUT2D eigenvalue weighted by Crippen LogP contribution is 2.35. The molecule has 3 aromatic rings. The Bertz CT molecular complexity index is 918. The fraction of sp³-hybridized carbons (Fsp3) is 0.235. The fourth-order valence-electron chi connectivity index (χ4n) is 2.93. The maximum Gasteiger partial charge on any atom is 0.290 e. The van der Waals surface area contributed by atoms with Crippen molar-refractivity contribution in [1.82, 2.24) is 14.5 Å². The van der Waals surface area contributed by atoms with E-state index in [2.05, 4.69) is 14.9 Å². The van der Waals surface area contributed by atoms with Gasteiger partial charge in [0, 0.05) is 36.9 Å². The van der Waals surface area contributed by atoms with E-state index in [0.717, 1.165) is 29.9 Å². The average Bonchev–Trinajstić information content (AvgIpc) is 3.30. The van der Waals surface area contributed by atoms with Gasteiger partial charge < -0.3 is 19.7 Å². The summed E-state index contributed by atoms with van der Waals surface area (Å²) in [5.41, 5.74) is 1.59. The number of anilines is 1. The normalized spacial score (nSPS) is 16.4. The molecule has 1 atom stereocenters. The summed E-state index contributed by atoms with van der Waals surface area (Å²) in [6.45, 7) is 1.08. The molecule has 1 aliphatic heterocycles. The number of hydrogen-bond donors (Lipinski definition) is 2. The number of halogens is 2. The minimum Gasteiger partial charge on any atom is -0.483 e. The van der Waals surface area contributed by atoms with E-state index in [0.29, 0.717) is 22.1 Å². The van der Waals surface area contributed by atoms with Crippen LogP contribution in [0, 0.1) is 0 Å². The van der Waals surface area contributed by atoms with Gasteiger partial charge in [-0.05, 0) is 18.6 Å². The lowest BCUT2D eigenvalue weighted by Gasteiger charge is -2.19. The Morgan fingerprint density at radius 2 is 2.08 bits per heavy atom.